The minimum atomic E-state index is -4.49. The Labute approximate surface area is 132 Å². The first kappa shape index (κ1) is 16.6. The van der Waals surface area contributed by atoms with Gasteiger partial charge in [0.2, 0.25) is 0 Å². The van der Waals surface area contributed by atoms with Crippen LogP contribution in [-0.4, -0.2) is 63.6 Å². The Balaban J connectivity index is 1.98. The van der Waals surface area contributed by atoms with Crippen LogP contribution in [0.3, 0.4) is 0 Å². The van der Waals surface area contributed by atoms with Crippen molar-refractivity contribution < 1.29 is 29.3 Å². The highest BCUT2D eigenvalue weighted by Crippen LogP contribution is 2.56. The van der Waals surface area contributed by atoms with Crippen LogP contribution in [0, 0.1) is 0 Å². The first-order valence-electron chi connectivity index (χ1n) is 6.40. The summed E-state index contributed by atoms with van der Waals surface area (Å²) in [6, 6.07) is 0. The molecule has 1 fully saturated rings. The summed E-state index contributed by atoms with van der Waals surface area (Å²) in [5.74, 6) is 0. The number of aromatic nitrogens is 4. The summed E-state index contributed by atoms with van der Waals surface area (Å²) < 4.78 is 17.9. The topological polar surface area (TPSA) is 171 Å². The van der Waals surface area contributed by atoms with Crippen molar-refractivity contribution in [2.24, 2.45) is 0 Å². The Morgan fingerprint density at radius 3 is 2.83 bits per heavy atom. The predicted molar refractivity (Wildman–Crippen MR) is 78.6 cm³/mol. The smallest absolute Gasteiger partial charge is 0.384 e. The number of ether oxygens (including phenoxy) is 1. The molecule has 1 aliphatic rings. The second-order valence-corrected chi connectivity index (χ2v) is 8.65. The van der Waals surface area contributed by atoms with E-state index < -0.39 is 42.6 Å². The highest BCUT2D eigenvalue weighted by molar-refractivity contribution is 8.54. The molecule has 126 valence electrons. The van der Waals surface area contributed by atoms with Gasteiger partial charge in [-0.05, 0) is 11.4 Å². The Hall–Kier alpha value is -1.27. The molecule has 3 heterocycles. The standard InChI is InChI=1S/C10H13N4O7PS/c15-1-4-7(23-22(18,19)20)6(16)10(21-4)14-3-13-5-8(14)11-2-12-9(5)17/h2-4,6-7,10,15-16H,1H2,(H,11,12,17)(H2,18,19,20)/t4-,6-,7-,10-/m1/s1. The molecule has 5 N–H and O–H groups in total. The fourth-order valence-electron chi connectivity index (χ4n) is 2.43. The summed E-state index contributed by atoms with van der Waals surface area (Å²) in [6.45, 7) is -5.03. The van der Waals surface area contributed by atoms with Gasteiger partial charge in [0, 0.05) is 0 Å². The summed E-state index contributed by atoms with van der Waals surface area (Å²) >= 11 is 0.224. The number of nitrogens with zero attached hydrogens (tertiary/aromatic N) is 3. The number of aliphatic hydroxyl groups is 2. The quantitative estimate of drug-likeness (QED) is 0.405. The van der Waals surface area contributed by atoms with Gasteiger partial charge in [0.1, 0.15) is 6.10 Å². The Kier molecular flexibility index (Phi) is 4.31. The number of hydrogen-bond donors (Lipinski definition) is 5. The molecule has 0 aliphatic carbocycles. The van der Waals surface area contributed by atoms with Crippen molar-refractivity contribution in [1.82, 2.24) is 19.5 Å². The molecule has 11 nitrogen and oxygen atoms in total. The second kappa shape index (κ2) is 5.98. The molecule has 4 atom stereocenters. The van der Waals surface area contributed by atoms with Gasteiger partial charge in [-0.3, -0.25) is 9.36 Å². The molecule has 0 bridgehead atoms. The molecule has 0 unspecified atom stereocenters. The molecule has 0 aromatic carbocycles. The summed E-state index contributed by atoms with van der Waals surface area (Å²) in [4.78, 5) is 40.0. The van der Waals surface area contributed by atoms with E-state index in [4.69, 9.17) is 14.5 Å². The number of hydrogen-bond acceptors (Lipinski definition) is 8. The number of aliphatic hydroxyl groups excluding tert-OH is 2. The van der Waals surface area contributed by atoms with E-state index >= 15 is 0 Å². The van der Waals surface area contributed by atoms with Crippen LogP contribution in [0.1, 0.15) is 6.23 Å². The van der Waals surface area contributed by atoms with Crippen LogP contribution in [0.25, 0.3) is 11.2 Å². The van der Waals surface area contributed by atoms with Gasteiger partial charge in [0.25, 0.3) is 5.56 Å². The summed E-state index contributed by atoms with van der Waals surface area (Å²) in [6.07, 6.45) is -1.03. The fraction of sp³-hybridized carbons (Fsp3) is 0.500. The van der Waals surface area contributed by atoms with E-state index in [1.54, 1.807) is 0 Å². The Bertz CT molecular complexity index is 819. The lowest BCUT2D eigenvalue weighted by molar-refractivity contribution is -0.0486. The highest BCUT2D eigenvalue weighted by Gasteiger charge is 2.48. The lowest BCUT2D eigenvalue weighted by Crippen LogP contribution is -2.30. The van der Waals surface area contributed by atoms with Crippen molar-refractivity contribution in [3.8, 4) is 0 Å². The Morgan fingerprint density at radius 2 is 2.17 bits per heavy atom. The van der Waals surface area contributed by atoms with E-state index in [1.165, 1.54) is 10.9 Å². The molecule has 23 heavy (non-hydrogen) atoms. The van der Waals surface area contributed by atoms with E-state index in [2.05, 4.69) is 15.0 Å². The van der Waals surface area contributed by atoms with Gasteiger partial charge >= 0.3 is 6.80 Å². The fourth-order valence-corrected chi connectivity index (χ4v) is 5.03. The van der Waals surface area contributed by atoms with Gasteiger partial charge in [0.05, 0.1) is 30.6 Å². The molecule has 1 aliphatic heterocycles. The maximum Gasteiger partial charge on any atom is 0.384 e. The normalized spacial score (nSPS) is 28.5. The molecule has 2 aromatic rings. The Morgan fingerprint density at radius 1 is 1.43 bits per heavy atom. The van der Waals surface area contributed by atoms with E-state index in [1.807, 2.05) is 0 Å². The molecule has 1 saturated heterocycles. The summed E-state index contributed by atoms with van der Waals surface area (Å²) in [5, 5.41) is 18.6. The number of imidazole rings is 1. The van der Waals surface area contributed by atoms with Crippen molar-refractivity contribution in [1.29, 1.82) is 0 Å². The molecular weight excluding hydrogens is 351 g/mol. The number of rotatable bonds is 4. The third-order valence-corrected chi connectivity index (χ3v) is 6.04. The molecule has 0 radical (unpaired) electrons. The molecule has 13 heteroatoms. The maximum atomic E-state index is 11.6. The third-order valence-electron chi connectivity index (χ3n) is 3.39. The number of H-pyrrole nitrogens is 1. The van der Waals surface area contributed by atoms with Crippen molar-refractivity contribution in [2.75, 3.05) is 6.61 Å². The van der Waals surface area contributed by atoms with Gasteiger partial charge in [-0.2, -0.15) is 0 Å². The molecule has 0 saturated carbocycles. The number of aromatic amines is 1. The van der Waals surface area contributed by atoms with Crippen LogP contribution in [0.15, 0.2) is 17.4 Å². The van der Waals surface area contributed by atoms with Crippen LogP contribution in [-0.2, 0) is 9.30 Å². The first-order valence-corrected chi connectivity index (χ1v) is 9.50. The zero-order valence-corrected chi connectivity index (χ0v) is 13.1. The molecule has 0 spiro atoms. The SMILES string of the molecule is O=c1[nH]cnc2c1ncn2[C@@H]1O[C@H](CO)[C@@H](SP(=O)(O)O)[C@H]1O. The van der Waals surface area contributed by atoms with Gasteiger partial charge in [-0.1, -0.05) is 0 Å². The largest absolute Gasteiger partial charge is 0.394 e. The van der Waals surface area contributed by atoms with Crippen LogP contribution in [0.5, 0.6) is 0 Å². The van der Waals surface area contributed by atoms with Crippen LogP contribution < -0.4 is 5.56 Å². The van der Waals surface area contributed by atoms with Gasteiger partial charge in [-0.25, -0.2) is 14.5 Å². The lowest BCUT2D eigenvalue weighted by atomic mass is 10.2. The van der Waals surface area contributed by atoms with Crippen molar-refractivity contribution in [2.45, 2.75) is 23.7 Å². The average Bonchev–Trinajstić information content (AvgIpc) is 3.01. The minimum Gasteiger partial charge on any atom is -0.394 e. The second-order valence-electron chi connectivity index (χ2n) is 4.85. The van der Waals surface area contributed by atoms with E-state index in [9.17, 15) is 19.6 Å². The monoisotopic (exact) mass is 364 g/mol. The van der Waals surface area contributed by atoms with Crippen molar-refractivity contribution in [3.63, 3.8) is 0 Å². The maximum absolute atomic E-state index is 11.6. The van der Waals surface area contributed by atoms with Crippen molar-refractivity contribution in [3.05, 3.63) is 23.0 Å². The van der Waals surface area contributed by atoms with E-state index in [0.717, 1.165) is 6.33 Å². The van der Waals surface area contributed by atoms with Crippen LogP contribution in [0.2, 0.25) is 0 Å². The van der Waals surface area contributed by atoms with Crippen LogP contribution in [0.4, 0.5) is 0 Å². The molecule has 0 amide bonds. The van der Waals surface area contributed by atoms with Crippen molar-refractivity contribution >= 4 is 29.3 Å². The molecule has 2 aromatic heterocycles. The first-order chi connectivity index (χ1) is 10.8. The van der Waals surface area contributed by atoms with Crippen LogP contribution >= 0.6 is 18.2 Å². The predicted octanol–water partition coefficient (Wildman–Crippen LogP) is -1.44. The van der Waals surface area contributed by atoms with Gasteiger partial charge < -0.3 is 29.7 Å². The lowest BCUT2D eigenvalue weighted by Gasteiger charge is -2.19. The van der Waals surface area contributed by atoms with Gasteiger partial charge in [0.15, 0.2) is 17.4 Å². The van der Waals surface area contributed by atoms with E-state index in [0.29, 0.717) is 0 Å². The summed E-state index contributed by atoms with van der Waals surface area (Å²) in [5.41, 5.74) is -0.285. The number of nitrogens with one attached hydrogen (secondary N) is 1. The van der Waals surface area contributed by atoms with E-state index in [-0.39, 0.29) is 22.5 Å². The molecule has 3 rings (SSSR count). The number of fused-ring (bicyclic) bond motifs is 1. The minimum absolute atomic E-state index is 0.0370. The average molecular weight is 364 g/mol. The summed E-state index contributed by atoms with van der Waals surface area (Å²) in [7, 11) is 0. The molecular formula is C10H13N4O7PS. The van der Waals surface area contributed by atoms with Gasteiger partial charge in [-0.15, -0.1) is 0 Å². The zero-order valence-electron chi connectivity index (χ0n) is 11.4. The zero-order chi connectivity index (χ0) is 16.8. The third kappa shape index (κ3) is 3.06. The highest BCUT2D eigenvalue weighted by atomic mass is 32.7.